The molecule has 3 rings (SSSR count). The van der Waals surface area contributed by atoms with Crippen LogP contribution >= 0.6 is 11.6 Å². The fraction of sp³-hybridized carbons (Fsp3) is 0.143. The number of para-hydroxylation sites is 1. The molecule has 0 fully saturated rings. The monoisotopic (exact) mass is 288 g/mol. The molecule has 0 radical (unpaired) electrons. The van der Waals surface area contributed by atoms with Gasteiger partial charge in [-0.2, -0.15) is 0 Å². The van der Waals surface area contributed by atoms with Gasteiger partial charge in [0.15, 0.2) is 11.5 Å². The van der Waals surface area contributed by atoms with Crippen molar-refractivity contribution in [3.8, 4) is 5.75 Å². The number of nitrogens with two attached hydrogens (primary N) is 1. The van der Waals surface area contributed by atoms with Crippen LogP contribution in [-0.4, -0.2) is 14.6 Å². The molecular formula is C14H13ClN4O. The average Bonchev–Trinajstić information content (AvgIpc) is 2.86. The number of hydrogen-bond acceptors (Lipinski definition) is 4. The zero-order valence-electron chi connectivity index (χ0n) is 10.9. The molecule has 102 valence electrons. The van der Waals surface area contributed by atoms with Crippen LogP contribution in [-0.2, 0) is 6.61 Å². The van der Waals surface area contributed by atoms with Gasteiger partial charge in [0, 0.05) is 6.20 Å². The summed E-state index contributed by atoms with van der Waals surface area (Å²) in [5.41, 5.74) is 8.22. The molecule has 2 heterocycles. The molecule has 0 amide bonds. The Labute approximate surface area is 121 Å². The normalized spacial score (nSPS) is 10.9. The van der Waals surface area contributed by atoms with Crippen molar-refractivity contribution in [2.75, 3.05) is 5.73 Å². The van der Waals surface area contributed by atoms with Crippen LogP contribution in [0.3, 0.4) is 0 Å². The summed E-state index contributed by atoms with van der Waals surface area (Å²) in [4.78, 5) is 0. The largest absolute Gasteiger partial charge is 0.484 e. The van der Waals surface area contributed by atoms with Crippen LogP contribution in [0.15, 0.2) is 36.5 Å². The predicted molar refractivity (Wildman–Crippen MR) is 77.9 cm³/mol. The summed E-state index contributed by atoms with van der Waals surface area (Å²) in [5, 5.41) is 8.76. The Morgan fingerprint density at radius 2 is 2.05 bits per heavy atom. The SMILES string of the molecule is Cc1ccn2c(COc3ccccc3Cl)nnc2c1N. The number of anilines is 1. The fourth-order valence-corrected chi connectivity index (χ4v) is 2.11. The maximum absolute atomic E-state index is 6.04. The van der Waals surface area contributed by atoms with E-state index in [4.69, 9.17) is 22.1 Å². The topological polar surface area (TPSA) is 65.4 Å². The molecule has 0 spiro atoms. The lowest BCUT2D eigenvalue weighted by molar-refractivity contribution is 0.294. The molecule has 2 N–H and O–H groups in total. The Bertz CT molecular complexity index is 769. The van der Waals surface area contributed by atoms with Gasteiger partial charge >= 0.3 is 0 Å². The highest BCUT2D eigenvalue weighted by Crippen LogP contribution is 2.24. The number of aromatic nitrogens is 3. The molecule has 2 aromatic heterocycles. The minimum Gasteiger partial charge on any atom is -0.484 e. The number of benzene rings is 1. The molecule has 0 unspecified atom stereocenters. The number of halogens is 1. The van der Waals surface area contributed by atoms with E-state index in [0.717, 1.165) is 5.56 Å². The molecule has 0 saturated carbocycles. The Morgan fingerprint density at radius 1 is 1.25 bits per heavy atom. The first-order valence-electron chi connectivity index (χ1n) is 6.13. The Kier molecular flexibility index (Phi) is 3.20. The number of aryl methyl sites for hydroxylation is 1. The summed E-state index contributed by atoms with van der Waals surface area (Å²) in [7, 11) is 0. The summed E-state index contributed by atoms with van der Waals surface area (Å²) < 4.78 is 7.48. The number of hydrogen-bond donors (Lipinski definition) is 1. The number of nitrogens with zero attached hydrogens (tertiary/aromatic N) is 3. The highest BCUT2D eigenvalue weighted by atomic mass is 35.5. The summed E-state index contributed by atoms with van der Waals surface area (Å²) in [6.45, 7) is 2.21. The summed E-state index contributed by atoms with van der Waals surface area (Å²) in [6, 6.07) is 9.23. The first-order chi connectivity index (χ1) is 9.66. The number of pyridine rings is 1. The zero-order valence-corrected chi connectivity index (χ0v) is 11.6. The summed E-state index contributed by atoms with van der Waals surface area (Å²) in [5.74, 6) is 1.29. The number of nitrogen functional groups attached to an aromatic ring is 1. The van der Waals surface area contributed by atoms with Gasteiger partial charge in [0.2, 0.25) is 0 Å². The van der Waals surface area contributed by atoms with E-state index in [9.17, 15) is 0 Å². The van der Waals surface area contributed by atoms with Gasteiger partial charge in [-0.3, -0.25) is 4.40 Å². The lowest BCUT2D eigenvalue weighted by atomic mass is 10.2. The van der Waals surface area contributed by atoms with Gasteiger partial charge in [-0.15, -0.1) is 10.2 Å². The first kappa shape index (κ1) is 12.7. The average molecular weight is 289 g/mol. The van der Waals surface area contributed by atoms with Crippen molar-refractivity contribution in [2.45, 2.75) is 13.5 Å². The predicted octanol–water partition coefficient (Wildman–Crippen LogP) is 2.85. The summed E-state index contributed by atoms with van der Waals surface area (Å²) in [6.07, 6.45) is 1.88. The molecule has 0 aliphatic heterocycles. The van der Waals surface area contributed by atoms with Gasteiger partial charge in [-0.05, 0) is 30.7 Å². The third-order valence-electron chi connectivity index (χ3n) is 3.10. The van der Waals surface area contributed by atoms with Crippen LogP contribution in [0.25, 0.3) is 5.65 Å². The van der Waals surface area contributed by atoms with Crippen molar-refractivity contribution < 1.29 is 4.74 Å². The number of fused-ring (bicyclic) bond motifs is 1. The van der Waals surface area contributed by atoms with E-state index in [-0.39, 0.29) is 6.61 Å². The fourth-order valence-electron chi connectivity index (χ4n) is 1.92. The Morgan fingerprint density at radius 3 is 2.85 bits per heavy atom. The highest BCUT2D eigenvalue weighted by Gasteiger charge is 2.10. The van der Waals surface area contributed by atoms with Crippen LogP contribution in [0, 0.1) is 6.92 Å². The summed E-state index contributed by atoms with van der Waals surface area (Å²) >= 11 is 6.04. The van der Waals surface area contributed by atoms with Crippen LogP contribution < -0.4 is 10.5 Å². The lowest BCUT2D eigenvalue weighted by Crippen LogP contribution is -2.03. The second-order valence-electron chi connectivity index (χ2n) is 4.44. The lowest BCUT2D eigenvalue weighted by Gasteiger charge is -2.07. The van der Waals surface area contributed by atoms with E-state index in [1.54, 1.807) is 6.07 Å². The number of ether oxygens (including phenoxy) is 1. The van der Waals surface area contributed by atoms with Crippen LogP contribution in [0.4, 0.5) is 5.69 Å². The highest BCUT2D eigenvalue weighted by molar-refractivity contribution is 6.32. The van der Waals surface area contributed by atoms with Gasteiger partial charge < -0.3 is 10.5 Å². The minimum atomic E-state index is 0.271. The quantitative estimate of drug-likeness (QED) is 0.805. The van der Waals surface area contributed by atoms with E-state index in [1.165, 1.54) is 0 Å². The molecule has 0 aliphatic carbocycles. The van der Waals surface area contributed by atoms with Gasteiger partial charge in [-0.1, -0.05) is 23.7 Å². The van der Waals surface area contributed by atoms with E-state index in [2.05, 4.69) is 10.2 Å². The molecule has 3 aromatic rings. The minimum absolute atomic E-state index is 0.271. The van der Waals surface area contributed by atoms with Gasteiger partial charge in [0.25, 0.3) is 0 Å². The van der Waals surface area contributed by atoms with E-state index >= 15 is 0 Å². The maximum atomic E-state index is 6.04. The molecular weight excluding hydrogens is 276 g/mol. The van der Waals surface area contributed by atoms with Crippen molar-refractivity contribution in [2.24, 2.45) is 0 Å². The van der Waals surface area contributed by atoms with Crippen LogP contribution in [0.2, 0.25) is 5.02 Å². The van der Waals surface area contributed by atoms with Crippen LogP contribution in [0.1, 0.15) is 11.4 Å². The van der Waals surface area contributed by atoms with Crippen molar-refractivity contribution in [3.63, 3.8) is 0 Å². The second-order valence-corrected chi connectivity index (χ2v) is 4.85. The van der Waals surface area contributed by atoms with Gasteiger partial charge in [0.1, 0.15) is 12.4 Å². The Hall–Kier alpha value is -2.27. The molecule has 6 heteroatoms. The maximum Gasteiger partial charge on any atom is 0.184 e. The van der Waals surface area contributed by atoms with E-state index in [1.807, 2.05) is 41.8 Å². The zero-order chi connectivity index (χ0) is 14.1. The molecule has 0 aliphatic rings. The first-order valence-corrected chi connectivity index (χ1v) is 6.50. The number of rotatable bonds is 3. The molecule has 5 nitrogen and oxygen atoms in total. The third-order valence-corrected chi connectivity index (χ3v) is 3.41. The van der Waals surface area contributed by atoms with Gasteiger partial charge in [0.05, 0.1) is 10.7 Å². The van der Waals surface area contributed by atoms with E-state index < -0.39 is 0 Å². The standard InChI is InChI=1S/C14H13ClN4O/c1-9-6-7-19-12(17-18-14(19)13(9)16)8-20-11-5-3-2-4-10(11)15/h2-7H,8,16H2,1H3. The second kappa shape index (κ2) is 5.02. The Balaban J connectivity index is 1.89. The smallest absolute Gasteiger partial charge is 0.184 e. The van der Waals surface area contributed by atoms with E-state index in [0.29, 0.717) is 27.9 Å². The van der Waals surface area contributed by atoms with Gasteiger partial charge in [-0.25, -0.2) is 0 Å². The van der Waals surface area contributed by atoms with Crippen molar-refractivity contribution >= 4 is 22.9 Å². The molecule has 20 heavy (non-hydrogen) atoms. The molecule has 0 saturated heterocycles. The third kappa shape index (κ3) is 2.16. The van der Waals surface area contributed by atoms with Crippen molar-refractivity contribution in [1.82, 2.24) is 14.6 Å². The van der Waals surface area contributed by atoms with Crippen LogP contribution in [0.5, 0.6) is 5.75 Å². The van der Waals surface area contributed by atoms with Crippen molar-refractivity contribution in [1.29, 1.82) is 0 Å². The molecule has 0 atom stereocenters. The molecule has 1 aromatic carbocycles. The molecule has 0 bridgehead atoms. The van der Waals surface area contributed by atoms with Crippen molar-refractivity contribution in [3.05, 3.63) is 52.9 Å².